The Morgan fingerprint density at radius 1 is 0.750 bits per heavy atom. The van der Waals surface area contributed by atoms with E-state index in [4.69, 9.17) is 0 Å². The van der Waals surface area contributed by atoms with Crippen LogP contribution in [0.4, 0.5) is 57.1 Å². The molecule has 0 aliphatic heterocycles. The molecule has 0 radical (unpaired) electrons. The molecule has 0 saturated carbocycles. The van der Waals surface area contributed by atoms with Gasteiger partial charge in [-0.3, -0.25) is 0 Å². The van der Waals surface area contributed by atoms with Gasteiger partial charge in [0.2, 0.25) is 0 Å². The molecule has 0 aromatic rings. The Labute approximate surface area is 148 Å². The van der Waals surface area contributed by atoms with Gasteiger partial charge in [-0.1, -0.05) is 6.92 Å². The molecular formula is C13H11F13O2. The molecule has 0 spiro atoms. The predicted molar refractivity (Wildman–Crippen MR) is 65.8 cm³/mol. The predicted octanol–water partition coefficient (Wildman–Crippen LogP) is 5.62. The maximum absolute atomic E-state index is 14.3. The lowest BCUT2D eigenvalue weighted by atomic mass is 9.83. The summed E-state index contributed by atoms with van der Waals surface area (Å²) in [5.74, 6) is -24.8. The first-order chi connectivity index (χ1) is 12.1. The third kappa shape index (κ3) is 4.16. The fraction of sp³-hybridized carbons (Fsp3) is 0.769. The van der Waals surface area contributed by atoms with E-state index < -0.39 is 60.0 Å². The molecule has 0 bridgehead atoms. The van der Waals surface area contributed by atoms with Crippen LogP contribution in [0.2, 0.25) is 0 Å². The summed E-state index contributed by atoms with van der Waals surface area (Å²) in [4.78, 5) is 11.3. The second kappa shape index (κ2) is 7.61. The molecule has 0 fully saturated rings. The highest BCUT2D eigenvalue weighted by Gasteiger charge is 2.89. The van der Waals surface area contributed by atoms with E-state index >= 15 is 0 Å². The quantitative estimate of drug-likeness (QED) is 0.288. The summed E-state index contributed by atoms with van der Waals surface area (Å²) < 4.78 is 172. The molecule has 0 N–H and O–H groups in total. The summed E-state index contributed by atoms with van der Waals surface area (Å²) in [6, 6.07) is 0. The molecule has 0 saturated heterocycles. The maximum Gasteiger partial charge on any atom is 0.460 e. The Kier molecular flexibility index (Phi) is 7.15. The van der Waals surface area contributed by atoms with Crippen LogP contribution in [0.15, 0.2) is 11.6 Å². The Bertz CT molecular complexity index is 603. The minimum Gasteiger partial charge on any atom is -0.462 e. The Morgan fingerprint density at radius 2 is 1.14 bits per heavy atom. The number of halogens is 13. The van der Waals surface area contributed by atoms with Crippen molar-refractivity contribution in [2.45, 2.75) is 56.1 Å². The molecule has 28 heavy (non-hydrogen) atoms. The minimum absolute atomic E-state index is 0.000797. The van der Waals surface area contributed by atoms with Gasteiger partial charge < -0.3 is 4.74 Å². The van der Waals surface area contributed by atoms with Crippen LogP contribution in [-0.4, -0.2) is 48.4 Å². The summed E-state index contributed by atoms with van der Waals surface area (Å²) in [5, 5.41) is 0. The number of allylic oxidation sites excluding steroid dienone is 1. The number of alkyl halides is 13. The second-order valence-electron chi connectivity index (χ2n) is 5.39. The highest BCUT2D eigenvalue weighted by Crippen LogP contribution is 2.60. The first-order valence-corrected chi connectivity index (χ1v) is 6.94. The van der Waals surface area contributed by atoms with E-state index in [-0.39, 0.29) is 13.3 Å². The third-order valence-corrected chi connectivity index (χ3v) is 3.19. The lowest BCUT2D eigenvalue weighted by Crippen LogP contribution is -2.70. The van der Waals surface area contributed by atoms with Gasteiger partial charge in [0.1, 0.15) is 0 Å². The lowest BCUT2D eigenvalue weighted by Gasteiger charge is -2.41. The van der Waals surface area contributed by atoms with Gasteiger partial charge in [0.15, 0.2) is 0 Å². The van der Waals surface area contributed by atoms with Gasteiger partial charge >= 0.3 is 36.1 Å². The van der Waals surface area contributed by atoms with Crippen molar-refractivity contribution >= 4 is 5.97 Å². The summed E-state index contributed by atoms with van der Waals surface area (Å²) in [6.45, 7) is 0.871. The molecule has 0 rings (SSSR count). The lowest BCUT2D eigenvalue weighted by molar-refractivity contribution is -0.415. The molecule has 0 aromatic carbocycles. The summed E-state index contributed by atoms with van der Waals surface area (Å²) in [6.07, 6.45) is -16.4. The van der Waals surface area contributed by atoms with Gasteiger partial charge in [-0.25, -0.2) is 9.18 Å². The molecular weight excluding hydrogens is 435 g/mol. The number of ether oxygens (including phenoxy) is 1. The molecule has 166 valence electrons. The fourth-order valence-electron chi connectivity index (χ4n) is 1.66. The highest BCUT2D eigenvalue weighted by atomic mass is 19.4. The monoisotopic (exact) mass is 446 g/mol. The molecule has 1 unspecified atom stereocenters. The van der Waals surface area contributed by atoms with Crippen LogP contribution >= 0.6 is 0 Å². The summed E-state index contributed by atoms with van der Waals surface area (Å²) in [5.41, 5.74) is -8.83. The molecule has 0 aliphatic rings. The minimum atomic E-state index is -7.69. The molecule has 15 heteroatoms. The molecule has 2 nitrogen and oxygen atoms in total. The average Bonchev–Trinajstić information content (AvgIpc) is 2.49. The van der Waals surface area contributed by atoms with Crippen molar-refractivity contribution in [2.24, 2.45) is 0 Å². The topological polar surface area (TPSA) is 26.3 Å². The number of rotatable bonds is 7. The van der Waals surface area contributed by atoms with Crippen LogP contribution in [0.1, 0.15) is 20.3 Å². The van der Waals surface area contributed by atoms with E-state index in [2.05, 4.69) is 4.74 Å². The Balaban J connectivity index is 6.83. The largest absolute Gasteiger partial charge is 0.462 e. The third-order valence-electron chi connectivity index (χ3n) is 3.19. The zero-order chi connectivity index (χ0) is 23.0. The normalized spacial score (nSPS) is 17.3. The number of hydrogen-bond donors (Lipinski definition) is 0. The van der Waals surface area contributed by atoms with Gasteiger partial charge in [0, 0.05) is 5.57 Å². The van der Waals surface area contributed by atoms with E-state index in [0.717, 1.165) is 0 Å². The van der Waals surface area contributed by atoms with Crippen molar-refractivity contribution < 1.29 is 66.6 Å². The number of carbonyl (C=O) groups is 1. The Morgan fingerprint density at radius 3 is 1.46 bits per heavy atom. The standard InChI is InChI=1S/C13H11F13O2/c1-3-4-28-7(27)6(2)5-8(14,10(17,18)12(21,22)23)9(15,16)11(19,20)13(24,25)26/h5H,3-4H2,1-2H3. The molecule has 0 aromatic heterocycles. The SMILES string of the molecule is CCCOC(=O)C(C)=CC(F)(C(F)(F)C(F)(F)F)C(F)(F)C(F)(F)C(F)(F)F. The van der Waals surface area contributed by atoms with Crippen LogP contribution < -0.4 is 0 Å². The maximum atomic E-state index is 14.3. The van der Waals surface area contributed by atoms with Crippen molar-refractivity contribution in [1.82, 2.24) is 0 Å². The van der Waals surface area contributed by atoms with E-state index in [0.29, 0.717) is 0 Å². The van der Waals surface area contributed by atoms with Gasteiger partial charge in [-0.05, 0) is 19.4 Å². The first kappa shape index (κ1) is 26.3. The Hall–Kier alpha value is -1.70. The van der Waals surface area contributed by atoms with Crippen LogP contribution in [0.5, 0.6) is 0 Å². The van der Waals surface area contributed by atoms with Gasteiger partial charge in [-0.15, -0.1) is 0 Å². The van der Waals surface area contributed by atoms with Gasteiger partial charge in [-0.2, -0.15) is 52.7 Å². The summed E-state index contributed by atoms with van der Waals surface area (Å²) in [7, 11) is 0. The second-order valence-corrected chi connectivity index (χ2v) is 5.39. The number of esters is 1. The zero-order valence-electron chi connectivity index (χ0n) is 13.7. The van der Waals surface area contributed by atoms with Gasteiger partial charge in [0.05, 0.1) is 6.61 Å². The first-order valence-electron chi connectivity index (χ1n) is 6.94. The smallest absolute Gasteiger partial charge is 0.460 e. The van der Waals surface area contributed by atoms with Crippen LogP contribution in [0, 0.1) is 0 Å². The molecule has 0 aliphatic carbocycles. The molecule has 0 amide bonds. The summed E-state index contributed by atoms with van der Waals surface area (Å²) >= 11 is 0. The van der Waals surface area contributed by atoms with E-state index in [9.17, 15) is 61.9 Å². The van der Waals surface area contributed by atoms with Crippen LogP contribution in [0.3, 0.4) is 0 Å². The van der Waals surface area contributed by atoms with E-state index in [1.807, 2.05) is 0 Å². The fourth-order valence-corrected chi connectivity index (χ4v) is 1.66. The molecule has 1 atom stereocenters. The highest BCUT2D eigenvalue weighted by molar-refractivity contribution is 5.88. The van der Waals surface area contributed by atoms with Gasteiger partial charge in [0.25, 0.3) is 5.67 Å². The van der Waals surface area contributed by atoms with Crippen LogP contribution in [0.25, 0.3) is 0 Å². The van der Waals surface area contributed by atoms with Crippen LogP contribution in [-0.2, 0) is 9.53 Å². The zero-order valence-corrected chi connectivity index (χ0v) is 13.7. The molecule has 0 heterocycles. The van der Waals surface area contributed by atoms with E-state index in [1.54, 1.807) is 0 Å². The van der Waals surface area contributed by atoms with Crippen molar-refractivity contribution in [3.05, 3.63) is 11.6 Å². The number of hydrogen-bond acceptors (Lipinski definition) is 2. The van der Waals surface area contributed by atoms with Crippen molar-refractivity contribution in [3.63, 3.8) is 0 Å². The van der Waals surface area contributed by atoms with Crippen molar-refractivity contribution in [2.75, 3.05) is 6.61 Å². The average molecular weight is 446 g/mol. The van der Waals surface area contributed by atoms with Crippen molar-refractivity contribution in [1.29, 1.82) is 0 Å². The van der Waals surface area contributed by atoms with Crippen molar-refractivity contribution in [3.8, 4) is 0 Å². The van der Waals surface area contributed by atoms with E-state index in [1.165, 1.54) is 6.92 Å². The number of carbonyl (C=O) groups excluding carboxylic acids is 1.